The third-order valence-corrected chi connectivity index (χ3v) is 2.39. The first-order chi connectivity index (χ1) is 5.74. The van der Waals surface area contributed by atoms with Gasteiger partial charge in [-0.1, -0.05) is 19.4 Å². The molecule has 2 heteroatoms. The summed E-state index contributed by atoms with van der Waals surface area (Å²) < 4.78 is 0. The van der Waals surface area contributed by atoms with Gasteiger partial charge in [-0.25, -0.2) is 4.79 Å². The summed E-state index contributed by atoms with van der Waals surface area (Å²) in [5.74, 6) is -0.203. The van der Waals surface area contributed by atoms with Gasteiger partial charge in [-0.3, -0.25) is 0 Å². The highest BCUT2D eigenvalue weighted by molar-refractivity contribution is 5.86. The Morgan fingerprint density at radius 3 is 3.08 bits per heavy atom. The molecule has 0 bridgehead atoms. The molecule has 0 saturated carbocycles. The van der Waals surface area contributed by atoms with Crippen LogP contribution in [-0.2, 0) is 4.79 Å². The topological polar surface area (TPSA) is 37.3 Å². The molecule has 0 aromatic carbocycles. The number of carboxylic acid groups (broad SMARTS) is 1. The number of carbonyl (C=O) groups is 1. The molecule has 12 heavy (non-hydrogen) atoms. The van der Waals surface area contributed by atoms with E-state index in [9.17, 15) is 4.79 Å². The van der Waals surface area contributed by atoms with Crippen LogP contribution in [0.1, 0.15) is 39.0 Å². The fourth-order valence-electron chi connectivity index (χ4n) is 1.78. The third kappa shape index (κ3) is 2.36. The molecule has 0 aromatic rings. The first-order valence-electron chi connectivity index (χ1n) is 4.68. The number of allylic oxidation sites excluding steroid dienone is 1. The molecule has 0 heterocycles. The van der Waals surface area contributed by atoms with Gasteiger partial charge in [0.05, 0.1) is 0 Å². The molecule has 0 fully saturated rings. The van der Waals surface area contributed by atoms with Gasteiger partial charge in [0.2, 0.25) is 0 Å². The van der Waals surface area contributed by atoms with Gasteiger partial charge in [0.15, 0.2) is 0 Å². The lowest BCUT2D eigenvalue weighted by molar-refractivity contribution is -0.132. The van der Waals surface area contributed by atoms with Crippen molar-refractivity contribution in [2.24, 2.45) is 5.92 Å². The zero-order chi connectivity index (χ0) is 8.97. The average molecular weight is 168 g/mol. The van der Waals surface area contributed by atoms with Crippen LogP contribution in [0.2, 0.25) is 0 Å². The standard InChI is InChI=1S/C10H16O2/c1-2-4-8-5-3-6-9(7-8)10(11)12/h7-8H,2-6H2,1H3,(H,11,12). The largest absolute Gasteiger partial charge is 0.478 e. The molecule has 1 unspecified atom stereocenters. The Labute approximate surface area is 73.3 Å². The summed E-state index contributed by atoms with van der Waals surface area (Å²) in [5, 5.41) is 8.76. The van der Waals surface area contributed by atoms with Crippen molar-refractivity contribution >= 4 is 5.97 Å². The number of aliphatic carboxylic acids is 1. The van der Waals surface area contributed by atoms with Gasteiger partial charge >= 0.3 is 5.97 Å². The summed E-state index contributed by atoms with van der Waals surface area (Å²) in [7, 11) is 0. The summed E-state index contributed by atoms with van der Waals surface area (Å²) in [4.78, 5) is 10.6. The van der Waals surface area contributed by atoms with E-state index in [1.807, 2.05) is 6.08 Å². The number of hydrogen-bond donors (Lipinski definition) is 1. The predicted molar refractivity (Wildman–Crippen MR) is 48.0 cm³/mol. The first-order valence-corrected chi connectivity index (χ1v) is 4.68. The smallest absolute Gasteiger partial charge is 0.331 e. The fourth-order valence-corrected chi connectivity index (χ4v) is 1.78. The molecular formula is C10H16O2. The number of rotatable bonds is 3. The van der Waals surface area contributed by atoms with Crippen molar-refractivity contribution in [1.82, 2.24) is 0 Å². The normalized spacial score (nSPS) is 23.4. The Balaban J connectivity index is 2.57. The Kier molecular flexibility index (Phi) is 3.32. The second-order valence-electron chi connectivity index (χ2n) is 3.44. The Bertz CT molecular complexity index is 194. The van der Waals surface area contributed by atoms with E-state index in [1.54, 1.807) is 0 Å². The number of hydrogen-bond acceptors (Lipinski definition) is 1. The molecule has 1 aliphatic carbocycles. The maximum absolute atomic E-state index is 10.6. The maximum Gasteiger partial charge on any atom is 0.331 e. The molecular weight excluding hydrogens is 152 g/mol. The van der Waals surface area contributed by atoms with Crippen LogP contribution in [0, 0.1) is 5.92 Å². The van der Waals surface area contributed by atoms with Gasteiger partial charge in [-0.15, -0.1) is 0 Å². The highest BCUT2D eigenvalue weighted by Crippen LogP contribution is 2.25. The molecule has 2 nitrogen and oxygen atoms in total. The summed E-state index contributed by atoms with van der Waals surface area (Å²) in [6.07, 6.45) is 7.21. The quantitative estimate of drug-likeness (QED) is 0.703. The minimum Gasteiger partial charge on any atom is -0.478 e. The first kappa shape index (κ1) is 9.30. The van der Waals surface area contributed by atoms with Gasteiger partial charge in [0, 0.05) is 5.57 Å². The van der Waals surface area contributed by atoms with Crippen molar-refractivity contribution in [3.8, 4) is 0 Å². The van der Waals surface area contributed by atoms with Crippen LogP contribution in [0.15, 0.2) is 11.6 Å². The van der Waals surface area contributed by atoms with Crippen LogP contribution in [0.25, 0.3) is 0 Å². The molecule has 68 valence electrons. The third-order valence-electron chi connectivity index (χ3n) is 2.39. The van der Waals surface area contributed by atoms with E-state index < -0.39 is 5.97 Å². The maximum atomic E-state index is 10.6. The van der Waals surface area contributed by atoms with Crippen molar-refractivity contribution < 1.29 is 9.90 Å². The lowest BCUT2D eigenvalue weighted by atomic mass is 9.88. The van der Waals surface area contributed by atoms with E-state index in [0.717, 1.165) is 25.7 Å². The molecule has 0 saturated heterocycles. The average Bonchev–Trinajstić information content (AvgIpc) is 2.05. The van der Waals surface area contributed by atoms with Crippen molar-refractivity contribution in [2.45, 2.75) is 39.0 Å². The molecule has 0 amide bonds. The zero-order valence-electron chi connectivity index (χ0n) is 7.55. The van der Waals surface area contributed by atoms with Gasteiger partial charge in [0.25, 0.3) is 0 Å². The number of carboxylic acids is 1. The molecule has 0 radical (unpaired) electrons. The van der Waals surface area contributed by atoms with Crippen LogP contribution >= 0.6 is 0 Å². The molecule has 0 aliphatic heterocycles. The van der Waals surface area contributed by atoms with Crippen LogP contribution in [0.5, 0.6) is 0 Å². The van der Waals surface area contributed by atoms with Gasteiger partial charge in [-0.2, -0.15) is 0 Å². The van der Waals surface area contributed by atoms with Crippen molar-refractivity contribution in [1.29, 1.82) is 0 Å². The van der Waals surface area contributed by atoms with Crippen molar-refractivity contribution in [2.75, 3.05) is 0 Å². The van der Waals surface area contributed by atoms with Gasteiger partial charge in [-0.05, 0) is 31.6 Å². The van der Waals surface area contributed by atoms with E-state index in [4.69, 9.17) is 5.11 Å². The minimum absolute atomic E-state index is 0.523. The van der Waals surface area contributed by atoms with E-state index in [0.29, 0.717) is 11.5 Å². The van der Waals surface area contributed by atoms with E-state index >= 15 is 0 Å². The monoisotopic (exact) mass is 168 g/mol. The highest BCUT2D eigenvalue weighted by Gasteiger charge is 2.16. The molecule has 1 rings (SSSR count). The lowest BCUT2D eigenvalue weighted by Crippen LogP contribution is -2.10. The lowest BCUT2D eigenvalue weighted by Gasteiger charge is -2.18. The van der Waals surface area contributed by atoms with E-state index in [-0.39, 0.29) is 0 Å². The molecule has 1 aliphatic rings. The molecule has 1 atom stereocenters. The fraction of sp³-hybridized carbons (Fsp3) is 0.700. The second-order valence-corrected chi connectivity index (χ2v) is 3.44. The van der Waals surface area contributed by atoms with Crippen LogP contribution in [0.4, 0.5) is 0 Å². The van der Waals surface area contributed by atoms with Crippen molar-refractivity contribution in [3.63, 3.8) is 0 Å². The van der Waals surface area contributed by atoms with Crippen molar-refractivity contribution in [3.05, 3.63) is 11.6 Å². The van der Waals surface area contributed by atoms with Crippen LogP contribution < -0.4 is 0 Å². The van der Waals surface area contributed by atoms with Gasteiger partial charge < -0.3 is 5.11 Å². The molecule has 0 aromatic heterocycles. The second kappa shape index (κ2) is 4.29. The summed E-state index contributed by atoms with van der Waals surface area (Å²) >= 11 is 0. The van der Waals surface area contributed by atoms with Gasteiger partial charge in [0.1, 0.15) is 0 Å². The minimum atomic E-state index is -0.726. The SMILES string of the molecule is CCCC1C=C(C(=O)O)CCC1. The summed E-state index contributed by atoms with van der Waals surface area (Å²) in [5.41, 5.74) is 0.625. The summed E-state index contributed by atoms with van der Waals surface area (Å²) in [6, 6.07) is 0. The Morgan fingerprint density at radius 2 is 2.50 bits per heavy atom. The Hall–Kier alpha value is -0.790. The molecule has 1 N–H and O–H groups in total. The van der Waals surface area contributed by atoms with Crippen LogP contribution in [-0.4, -0.2) is 11.1 Å². The van der Waals surface area contributed by atoms with E-state index in [2.05, 4.69) is 6.92 Å². The highest BCUT2D eigenvalue weighted by atomic mass is 16.4. The summed E-state index contributed by atoms with van der Waals surface area (Å²) in [6.45, 7) is 2.14. The Morgan fingerprint density at radius 1 is 1.75 bits per heavy atom. The molecule has 0 spiro atoms. The zero-order valence-corrected chi connectivity index (χ0v) is 7.55. The van der Waals surface area contributed by atoms with Crippen LogP contribution in [0.3, 0.4) is 0 Å². The van der Waals surface area contributed by atoms with E-state index in [1.165, 1.54) is 6.42 Å². The predicted octanol–water partition coefficient (Wildman–Crippen LogP) is 2.60.